The zero-order valence-electron chi connectivity index (χ0n) is 9.96. The summed E-state index contributed by atoms with van der Waals surface area (Å²) < 4.78 is 5.00. The van der Waals surface area contributed by atoms with Crippen molar-refractivity contribution in [1.29, 1.82) is 0 Å². The molecule has 0 spiro atoms. The summed E-state index contributed by atoms with van der Waals surface area (Å²) in [5, 5.41) is 3.02. The maximum Gasteiger partial charge on any atom is 0.243 e. The van der Waals surface area contributed by atoms with Crippen LogP contribution in [0.15, 0.2) is 42.7 Å². The molecule has 1 heterocycles. The third kappa shape index (κ3) is 2.82. The van der Waals surface area contributed by atoms with Crippen molar-refractivity contribution in [2.75, 3.05) is 19.0 Å². The molecule has 0 radical (unpaired) electrons. The molecule has 0 atom stereocenters. The molecule has 2 aromatic rings. The third-order valence-corrected chi connectivity index (χ3v) is 2.35. The number of carbonyl (C=O) groups excluding carboxylic acids is 1. The number of aromatic nitrogens is 2. The first-order valence-electron chi connectivity index (χ1n) is 5.48. The van der Waals surface area contributed by atoms with Crippen molar-refractivity contribution in [2.45, 2.75) is 0 Å². The summed E-state index contributed by atoms with van der Waals surface area (Å²) >= 11 is 0. The van der Waals surface area contributed by atoms with Crippen LogP contribution in [0.25, 0.3) is 0 Å². The van der Waals surface area contributed by atoms with Crippen molar-refractivity contribution in [3.8, 4) is 5.88 Å². The highest BCUT2D eigenvalue weighted by Crippen LogP contribution is 2.12. The Morgan fingerprint density at radius 3 is 2.67 bits per heavy atom. The molecule has 0 saturated heterocycles. The van der Waals surface area contributed by atoms with E-state index in [4.69, 9.17) is 4.74 Å². The first kappa shape index (κ1) is 12.0. The average molecular weight is 243 g/mol. The molecule has 0 unspecified atom stereocenters. The van der Waals surface area contributed by atoms with Crippen molar-refractivity contribution in [2.24, 2.45) is 0 Å². The summed E-state index contributed by atoms with van der Waals surface area (Å²) in [7, 11) is 1.46. The third-order valence-electron chi connectivity index (χ3n) is 2.35. The van der Waals surface area contributed by atoms with Gasteiger partial charge >= 0.3 is 0 Å². The molecule has 1 aromatic heterocycles. The number of rotatable bonds is 5. The van der Waals surface area contributed by atoms with E-state index in [9.17, 15) is 4.79 Å². The molecule has 0 amide bonds. The van der Waals surface area contributed by atoms with E-state index in [0.29, 0.717) is 0 Å². The molecule has 18 heavy (non-hydrogen) atoms. The Kier molecular flexibility index (Phi) is 3.86. The number of Topliss-reactive ketones (excluding diaryl/α,β-unsaturated/α-hetero) is 1. The Hall–Kier alpha value is -2.43. The molecule has 0 aliphatic rings. The summed E-state index contributed by atoms with van der Waals surface area (Å²) in [6.45, 7) is 0.152. The standard InChI is InChI=1S/C13H13N3O2/c1-18-13-12(14-7-8-15-13)11(17)9-16-10-5-3-2-4-6-10/h2-8,16H,9H2,1H3. The molecule has 2 rings (SSSR count). The van der Waals surface area contributed by atoms with Crippen molar-refractivity contribution in [3.05, 3.63) is 48.4 Å². The van der Waals surface area contributed by atoms with Crippen LogP contribution < -0.4 is 10.1 Å². The molecular weight excluding hydrogens is 230 g/mol. The summed E-state index contributed by atoms with van der Waals surface area (Å²) in [5.41, 5.74) is 1.12. The minimum Gasteiger partial charge on any atom is -0.479 e. The van der Waals surface area contributed by atoms with Gasteiger partial charge in [-0.3, -0.25) is 4.79 Å². The second-order valence-electron chi connectivity index (χ2n) is 3.56. The van der Waals surface area contributed by atoms with Gasteiger partial charge in [0.2, 0.25) is 11.7 Å². The lowest BCUT2D eigenvalue weighted by atomic mass is 10.2. The lowest BCUT2D eigenvalue weighted by Crippen LogP contribution is -2.16. The Bertz CT molecular complexity index is 529. The SMILES string of the molecule is COc1nccnc1C(=O)CNc1ccccc1. The molecule has 0 aliphatic carbocycles. The molecule has 5 heteroatoms. The van der Waals surface area contributed by atoms with Gasteiger partial charge in [-0.05, 0) is 12.1 Å². The van der Waals surface area contributed by atoms with Crippen LogP contribution in [0.1, 0.15) is 10.5 Å². The van der Waals surface area contributed by atoms with Crippen LogP contribution in [0.2, 0.25) is 0 Å². The van der Waals surface area contributed by atoms with E-state index in [-0.39, 0.29) is 23.9 Å². The van der Waals surface area contributed by atoms with Crippen LogP contribution in [0, 0.1) is 0 Å². The van der Waals surface area contributed by atoms with Crippen molar-refractivity contribution < 1.29 is 9.53 Å². The number of hydrogen-bond donors (Lipinski definition) is 1. The van der Waals surface area contributed by atoms with Gasteiger partial charge in [0.1, 0.15) is 0 Å². The highest BCUT2D eigenvalue weighted by Gasteiger charge is 2.14. The molecule has 5 nitrogen and oxygen atoms in total. The zero-order chi connectivity index (χ0) is 12.8. The topological polar surface area (TPSA) is 64.1 Å². The van der Waals surface area contributed by atoms with Crippen LogP contribution in [-0.2, 0) is 0 Å². The molecular formula is C13H13N3O2. The van der Waals surface area contributed by atoms with E-state index in [1.54, 1.807) is 0 Å². The predicted octanol–water partition coefficient (Wildman–Crippen LogP) is 1.78. The van der Waals surface area contributed by atoms with Gasteiger partial charge in [0.05, 0.1) is 13.7 Å². The van der Waals surface area contributed by atoms with Crippen LogP contribution in [0.5, 0.6) is 5.88 Å². The van der Waals surface area contributed by atoms with Crippen LogP contribution in [0.3, 0.4) is 0 Å². The molecule has 0 fully saturated rings. The quantitative estimate of drug-likeness (QED) is 0.811. The number of ether oxygens (including phenoxy) is 1. The number of hydrogen-bond acceptors (Lipinski definition) is 5. The van der Waals surface area contributed by atoms with Gasteiger partial charge in [0, 0.05) is 18.1 Å². The fraction of sp³-hybridized carbons (Fsp3) is 0.154. The Balaban J connectivity index is 2.04. The van der Waals surface area contributed by atoms with Gasteiger partial charge < -0.3 is 10.1 Å². The van der Waals surface area contributed by atoms with E-state index >= 15 is 0 Å². The van der Waals surface area contributed by atoms with E-state index in [1.165, 1.54) is 19.5 Å². The average Bonchev–Trinajstić information content (AvgIpc) is 2.45. The normalized spacial score (nSPS) is 9.83. The van der Waals surface area contributed by atoms with Gasteiger partial charge in [-0.1, -0.05) is 18.2 Å². The maximum atomic E-state index is 12.0. The van der Waals surface area contributed by atoms with Crippen molar-refractivity contribution in [3.63, 3.8) is 0 Å². The van der Waals surface area contributed by atoms with Gasteiger partial charge in [0.15, 0.2) is 5.69 Å². The molecule has 1 aromatic carbocycles. The van der Waals surface area contributed by atoms with E-state index in [1.807, 2.05) is 30.3 Å². The second kappa shape index (κ2) is 5.77. The lowest BCUT2D eigenvalue weighted by molar-refractivity contribution is 0.0997. The Morgan fingerprint density at radius 2 is 1.94 bits per heavy atom. The fourth-order valence-electron chi connectivity index (χ4n) is 1.49. The minimum atomic E-state index is -0.163. The van der Waals surface area contributed by atoms with Crippen LogP contribution in [-0.4, -0.2) is 29.4 Å². The number of ketones is 1. The number of carbonyl (C=O) groups is 1. The lowest BCUT2D eigenvalue weighted by Gasteiger charge is -2.07. The number of methoxy groups -OCH3 is 1. The van der Waals surface area contributed by atoms with Crippen molar-refractivity contribution >= 4 is 11.5 Å². The molecule has 0 saturated carbocycles. The first-order chi connectivity index (χ1) is 8.81. The highest BCUT2D eigenvalue weighted by atomic mass is 16.5. The van der Waals surface area contributed by atoms with E-state index in [2.05, 4.69) is 15.3 Å². The largest absolute Gasteiger partial charge is 0.479 e. The van der Waals surface area contributed by atoms with E-state index in [0.717, 1.165) is 5.69 Å². The van der Waals surface area contributed by atoms with Gasteiger partial charge in [-0.2, -0.15) is 0 Å². The van der Waals surface area contributed by atoms with Gasteiger partial charge in [-0.15, -0.1) is 0 Å². The van der Waals surface area contributed by atoms with Crippen LogP contribution >= 0.6 is 0 Å². The monoisotopic (exact) mass is 243 g/mol. The summed E-state index contributed by atoms with van der Waals surface area (Å²) in [5.74, 6) is 0.0844. The summed E-state index contributed by atoms with van der Waals surface area (Å²) in [4.78, 5) is 19.9. The van der Waals surface area contributed by atoms with Gasteiger partial charge in [-0.25, -0.2) is 9.97 Å². The number of benzene rings is 1. The summed E-state index contributed by atoms with van der Waals surface area (Å²) in [6.07, 6.45) is 2.96. The smallest absolute Gasteiger partial charge is 0.243 e. The zero-order valence-corrected chi connectivity index (χ0v) is 9.96. The fourth-order valence-corrected chi connectivity index (χ4v) is 1.49. The highest BCUT2D eigenvalue weighted by molar-refractivity contribution is 5.99. The molecule has 0 aliphatic heterocycles. The first-order valence-corrected chi connectivity index (χ1v) is 5.48. The van der Waals surface area contributed by atoms with Crippen molar-refractivity contribution in [1.82, 2.24) is 9.97 Å². The minimum absolute atomic E-state index is 0.152. The molecule has 92 valence electrons. The van der Waals surface area contributed by atoms with E-state index < -0.39 is 0 Å². The van der Waals surface area contributed by atoms with Gasteiger partial charge in [0.25, 0.3) is 0 Å². The number of anilines is 1. The predicted molar refractivity (Wildman–Crippen MR) is 67.8 cm³/mol. The second-order valence-corrected chi connectivity index (χ2v) is 3.56. The maximum absolute atomic E-state index is 12.0. The Labute approximate surface area is 105 Å². The molecule has 1 N–H and O–H groups in total. The molecule has 0 bridgehead atoms. The summed E-state index contributed by atoms with van der Waals surface area (Å²) in [6, 6.07) is 9.49. The van der Waals surface area contributed by atoms with Crippen LogP contribution in [0.4, 0.5) is 5.69 Å². The number of nitrogens with zero attached hydrogens (tertiary/aromatic N) is 2. The Morgan fingerprint density at radius 1 is 1.22 bits per heavy atom. The number of nitrogens with one attached hydrogen (secondary N) is 1. The number of para-hydroxylation sites is 1.